The van der Waals surface area contributed by atoms with Gasteiger partial charge in [-0.1, -0.05) is 18.2 Å². The topological polar surface area (TPSA) is 24.3 Å². The lowest BCUT2D eigenvalue weighted by Gasteiger charge is -2.37. The Balaban J connectivity index is 1.43. The van der Waals surface area contributed by atoms with E-state index in [2.05, 4.69) is 81.9 Å². The highest BCUT2D eigenvalue weighted by atomic mass is 15.3. The maximum absolute atomic E-state index is 4.68. The van der Waals surface area contributed by atoms with Gasteiger partial charge in [-0.3, -0.25) is 4.90 Å². The fraction of sp³-hybridized carbons (Fsp3) is 0.348. The van der Waals surface area contributed by atoms with E-state index in [1.54, 1.807) is 0 Å². The summed E-state index contributed by atoms with van der Waals surface area (Å²) in [6.07, 6.45) is 2.11. The smallest absolute Gasteiger partial charge is 0.137 e. The predicted molar refractivity (Wildman–Crippen MR) is 112 cm³/mol. The molecule has 0 spiro atoms. The van der Waals surface area contributed by atoms with Crippen LogP contribution >= 0.6 is 0 Å². The molecule has 4 nitrogen and oxygen atoms in total. The molecule has 0 atom stereocenters. The number of hydrogen-bond acceptors (Lipinski definition) is 3. The maximum atomic E-state index is 4.68. The summed E-state index contributed by atoms with van der Waals surface area (Å²) in [5.74, 6) is 1.00. The molecule has 1 fully saturated rings. The van der Waals surface area contributed by atoms with Gasteiger partial charge in [0.2, 0.25) is 0 Å². The van der Waals surface area contributed by atoms with Gasteiger partial charge >= 0.3 is 0 Å². The zero-order chi connectivity index (χ0) is 18.8. The standard InChI is InChI=1S/C23H28N4/c1-18-7-4-10-22(20(18)3)26-15-13-25(14-16-26)17-21-9-6-12-27(21)23-11-5-8-19(2)24-23/h4-12H,13-17H2,1-3H3. The highest BCUT2D eigenvalue weighted by molar-refractivity contribution is 5.56. The Morgan fingerprint density at radius 1 is 0.852 bits per heavy atom. The molecule has 3 heterocycles. The van der Waals surface area contributed by atoms with Crippen LogP contribution in [0.1, 0.15) is 22.5 Å². The number of pyridine rings is 1. The van der Waals surface area contributed by atoms with E-state index in [0.29, 0.717) is 0 Å². The minimum Gasteiger partial charge on any atom is -0.369 e. The van der Waals surface area contributed by atoms with Crippen molar-refractivity contribution in [2.24, 2.45) is 0 Å². The highest BCUT2D eigenvalue weighted by Crippen LogP contribution is 2.24. The number of aryl methyl sites for hydroxylation is 2. The summed E-state index contributed by atoms with van der Waals surface area (Å²) in [6.45, 7) is 11.8. The minimum atomic E-state index is 0.962. The van der Waals surface area contributed by atoms with E-state index in [-0.39, 0.29) is 0 Å². The van der Waals surface area contributed by atoms with E-state index in [9.17, 15) is 0 Å². The van der Waals surface area contributed by atoms with E-state index < -0.39 is 0 Å². The van der Waals surface area contributed by atoms with E-state index in [4.69, 9.17) is 0 Å². The second-order valence-electron chi connectivity index (χ2n) is 7.49. The van der Waals surface area contributed by atoms with Gasteiger partial charge in [-0.05, 0) is 62.2 Å². The molecule has 1 saturated heterocycles. The van der Waals surface area contributed by atoms with Crippen molar-refractivity contribution in [1.82, 2.24) is 14.5 Å². The summed E-state index contributed by atoms with van der Waals surface area (Å²) in [5, 5.41) is 0. The number of nitrogens with zero attached hydrogens (tertiary/aromatic N) is 4. The highest BCUT2D eigenvalue weighted by Gasteiger charge is 2.20. The SMILES string of the molecule is Cc1cccc(-n2cccc2CN2CCN(c3cccc(C)c3C)CC2)n1. The van der Waals surface area contributed by atoms with Crippen LogP contribution in [0.25, 0.3) is 5.82 Å². The zero-order valence-electron chi connectivity index (χ0n) is 16.5. The Morgan fingerprint density at radius 2 is 1.63 bits per heavy atom. The van der Waals surface area contributed by atoms with E-state index >= 15 is 0 Å². The van der Waals surface area contributed by atoms with Gasteiger partial charge in [0.1, 0.15) is 5.82 Å². The number of hydrogen-bond donors (Lipinski definition) is 0. The van der Waals surface area contributed by atoms with Gasteiger partial charge in [0.05, 0.1) is 0 Å². The summed E-state index contributed by atoms with van der Waals surface area (Å²) in [5.41, 5.74) is 6.52. The molecule has 1 aliphatic rings. The van der Waals surface area contributed by atoms with Crippen LogP contribution in [-0.2, 0) is 6.54 Å². The fourth-order valence-corrected chi connectivity index (χ4v) is 3.89. The van der Waals surface area contributed by atoms with Crippen molar-refractivity contribution in [3.8, 4) is 5.82 Å². The molecule has 1 aliphatic heterocycles. The van der Waals surface area contributed by atoms with Gasteiger partial charge in [0.25, 0.3) is 0 Å². The molecular weight excluding hydrogens is 332 g/mol. The van der Waals surface area contributed by atoms with Crippen LogP contribution in [0.3, 0.4) is 0 Å². The molecule has 0 bridgehead atoms. The van der Waals surface area contributed by atoms with Crippen LogP contribution in [0.15, 0.2) is 54.7 Å². The van der Waals surface area contributed by atoms with Gasteiger partial charge in [-0.25, -0.2) is 4.98 Å². The second-order valence-corrected chi connectivity index (χ2v) is 7.49. The molecule has 140 valence electrons. The number of rotatable bonds is 4. The predicted octanol–water partition coefficient (Wildman–Crippen LogP) is 4.12. The number of benzene rings is 1. The molecule has 0 amide bonds. The molecule has 0 unspecified atom stereocenters. The average molecular weight is 361 g/mol. The van der Waals surface area contributed by atoms with Crippen LogP contribution in [0.5, 0.6) is 0 Å². The molecule has 0 radical (unpaired) electrons. The van der Waals surface area contributed by atoms with E-state index in [1.807, 2.05) is 13.0 Å². The molecule has 27 heavy (non-hydrogen) atoms. The average Bonchev–Trinajstić information content (AvgIpc) is 3.13. The molecule has 1 aromatic carbocycles. The summed E-state index contributed by atoms with van der Waals surface area (Å²) in [7, 11) is 0. The first-order valence-corrected chi connectivity index (χ1v) is 9.75. The zero-order valence-corrected chi connectivity index (χ0v) is 16.5. The molecule has 4 heteroatoms. The first-order chi connectivity index (χ1) is 13.1. The number of piperazine rings is 1. The summed E-state index contributed by atoms with van der Waals surface area (Å²) in [4.78, 5) is 9.75. The Labute approximate surface area is 162 Å². The van der Waals surface area contributed by atoms with Crippen molar-refractivity contribution in [2.45, 2.75) is 27.3 Å². The van der Waals surface area contributed by atoms with E-state index in [1.165, 1.54) is 22.5 Å². The Bertz CT molecular complexity index is 920. The molecule has 0 aliphatic carbocycles. The van der Waals surface area contributed by atoms with Gasteiger partial charge in [-0.15, -0.1) is 0 Å². The lowest BCUT2D eigenvalue weighted by molar-refractivity contribution is 0.246. The van der Waals surface area contributed by atoms with Crippen LogP contribution in [0.4, 0.5) is 5.69 Å². The third kappa shape index (κ3) is 3.76. The quantitative estimate of drug-likeness (QED) is 0.699. The van der Waals surface area contributed by atoms with Crippen molar-refractivity contribution >= 4 is 5.69 Å². The van der Waals surface area contributed by atoms with Crippen LogP contribution in [0, 0.1) is 20.8 Å². The second kappa shape index (κ2) is 7.57. The molecule has 4 rings (SSSR count). The number of anilines is 1. The third-order valence-electron chi connectivity index (χ3n) is 5.63. The molecule has 2 aromatic heterocycles. The summed E-state index contributed by atoms with van der Waals surface area (Å²) >= 11 is 0. The van der Waals surface area contributed by atoms with Crippen molar-refractivity contribution in [2.75, 3.05) is 31.1 Å². The molecule has 0 N–H and O–H groups in total. The molecular formula is C23H28N4. The van der Waals surface area contributed by atoms with Gasteiger partial charge in [-0.2, -0.15) is 0 Å². The maximum Gasteiger partial charge on any atom is 0.137 e. The molecule has 3 aromatic rings. The van der Waals surface area contributed by atoms with Crippen LogP contribution in [-0.4, -0.2) is 40.6 Å². The fourth-order valence-electron chi connectivity index (χ4n) is 3.89. The Kier molecular flexibility index (Phi) is 4.99. The Hall–Kier alpha value is -2.59. The Morgan fingerprint density at radius 3 is 2.41 bits per heavy atom. The third-order valence-corrected chi connectivity index (χ3v) is 5.63. The van der Waals surface area contributed by atoms with Crippen molar-refractivity contribution in [3.05, 3.63) is 77.2 Å². The van der Waals surface area contributed by atoms with E-state index in [0.717, 1.165) is 44.2 Å². The lowest BCUT2D eigenvalue weighted by Crippen LogP contribution is -2.46. The van der Waals surface area contributed by atoms with Gasteiger partial charge < -0.3 is 9.47 Å². The normalized spacial score (nSPS) is 15.3. The molecule has 0 saturated carbocycles. The van der Waals surface area contributed by atoms with Crippen molar-refractivity contribution in [3.63, 3.8) is 0 Å². The van der Waals surface area contributed by atoms with Gasteiger partial charge in [0.15, 0.2) is 0 Å². The van der Waals surface area contributed by atoms with Crippen LogP contribution < -0.4 is 4.90 Å². The largest absolute Gasteiger partial charge is 0.369 e. The minimum absolute atomic E-state index is 0.962. The first-order valence-electron chi connectivity index (χ1n) is 9.75. The van der Waals surface area contributed by atoms with Gasteiger partial charge in [0, 0.05) is 56.0 Å². The van der Waals surface area contributed by atoms with Crippen molar-refractivity contribution in [1.29, 1.82) is 0 Å². The van der Waals surface area contributed by atoms with Crippen molar-refractivity contribution < 1.29 is 0 Å². The van der Waals surface area contributed by atoms with Crippen LogP contribution in [0.2, 0.25) is 0 Å². The first kappa shape index (κ1) is 17.8. The monoisotopic (exact) mass is 360 g/mol. The summed E-state index contributed by atoms with van der Waals surface area (Å²) < 4.78 is 2.21. The number of aromatic nitrogens is 2. The lowest BCUT2D eigenvalue weighted by atomic mass is 10.1. The summed E-state index contributed by atoms with van der Waals surface area (Å²) in [6, 6.07) is 17.1.